The van der Waals surface area contributed by atoms with Gasteiger partial charge in [0.1, 0.15) is 11.3 Å². The van der Waals surface area contributed by atoms with Crippen LogP contribution in [-0.2, 0) is 14.3 Å². The van der Waals surface area contributed by atoms with Gasteiger partial charge in [0.2, 0.25) is 0 Å². The smallest absolute Gasteiger partial charge is 0.345 e. The number of hydrogen-bond donors (Lipinski definition) is 2. The van der Waals surface area contributed by atoms with Gasteiger partial charge in [0.15, 0.2) is 0 Å². The molecule has 1 aromatic rings. The molecule has 0 aliphatic heterocycles. The molecule has 0 amide bonds. The molecule has 0 spiro atoms. The lowest BCUT2D eigenvalue weighted by Crippen LogP contribution is -2.20. The number of para-hydroxylation sites is 1. The second kappa shape index (κ2) is 6.58. The van der Waals surface area contributed by atoms with E-state index in [2.05, 4.69) is 0 Å². The van der Waals surface area contributed by atoms with Crippen molar-refractivity contribution in [3.05, 3.63) is 35.4 Å². The lowest BCUT2D eigenvalue weighted by atomic mass is 10.1. The second-order valence-corrected chi connectivity index (χ2v) is 4.05. The van der Waals surface area contributed by atoms with E-state index in [1.54, 1.807) is 19.1 Å². The number of carboxylic acids is 1. The van der Waals surface area contributed by atoms with Crippen LogP contribution in [0.3, 0.4) is 0 Å². The van der Waals surface area contributed by atoms with Crippen LogP contribution < -0.4 is 0 Å². The average Bonchev–Trinajstić information content (AvgIpc) is 2.36. The number of carbonyl (C=O) groups excluding carboxylic acids is 1. The van der Waals surface area contributed by atoms with Crippen molar-refractivity contribution < 1.29 is 24.5 Å². The molecular formula is C14H16O5. The van der Waals surface area contributed by atoms with Crippen LogP contribution in [0.4, 0.5) is 0 Å². The van der Waals surface area contributed by atoms with E-state index < -0.39 is 17.5 Å². The van der Waals surface area contributed by atoms with Gasteiger partial charge in [-0.1, -0.05) is 25.1 Å². The van der Waals surface area contributed by atoms with Crippen molar-refractivity contribution in [1.82, 2.24) is 0 Å². The number of phenolic OH excluding ortho intramolecular Hbond substituents is 1. The minimum Gasteiger partial charge on any atom is -0.507 e. The number of aliphatic carboxylic acids is 1. The van der Waals surface area contributed by atoms with Gasteiger partial charge in [-0.2, -0.15) is 0 Å². The maximum atomic E-state index is 11.7. The highest BCUT2D eigenvalue weighted by atomic mass is 16.5. The molecule has 19 heavy (non-hydrogen) atoms. The Hall–Kier alpha value is -2.30. The Balaban J connectivity index is 3.05. The fourth-order valence-electron chi connectivity index (χ4n) is 1.30. The van der Waals surface area contributed by atoms with Crippen molar-refractivity contribution in [1.29, 1.82) is 0 Å². The molecule has 0 aliphatic rings. The number of aromatic hydroxyl groups is 1. The van der Waals surface area contributed by atoms with Gasteiger partial charge in [-0.3, -0.25) is 0 Å². The summed E-state index contributed by atoms with van der Waals surface area (Å²) in [5, 5.41) is 18.6. The van der Waals surface area contributed by atoms with Crippen molar-refractivity contribution in [2.75, 3.05) is 0 Å². The Kier molecular flexibility index (Phi) is 5.11. The van der Waals surface area contributed by atoms with Crippen LogP contribution in [-0.4, -0.2) is 28.3 Å². The molecule has 5 heteroatoms. The number of benzene rings is 1. The molecule has 0 bridgehead atoms. The van der Waals surface area contributed by atoms with Crippen molar-refractivity contribution in [2.45, 2.75) is 26.4 Å². The summed E-state index contributed by atoms with van der Waals surface area (Å²) < 4.78 is 4.97. The Bertz CT molecular complexity index is 504. The Morgan fingerprint density at radius 2 is 2.00 bits per heavy atom. The molecule has 1 atom stereocenters. The molecule has 0 aliphatic carbocycles. The summed E-state index contributed by atoms with van der Waals surface area (Å²) in [6, 6.07) is 6.15. The van der Waals surface area contributed by atoms with Crippen molar-refractivity contribution in [3.63, 3.8) is 0 Å². The molecule has 2 N–H and O–H groups in total. The van der Waals surface area contributed by atoms with Crippen LogP contribution in [0.25, 0.3) is 6.08 Å². The van der Waals surface area contributed by atoms with Gasteiger partial charge >= 0.3 is 11.9 Å². The highest BCUT2D eigenvalue weighted by Crippen LogP contribution is 2.20. The number of rotatable bonds is 5. The summed E-state index contributed by atoms with van der Waals surface area (Å²) >= 11 is 0. The maximum Gasteiger partial charge on any atom is 0.345 e. The van der Waals surface area contributed by atoms with Gasteiger partial charge in [-0.15, -0.1) is 0 Å². The zero-order valence-electron chi connectivity index (χ0n) is 10.8. The van der Waals surface area contributed by atoms with E-state index in [9.17, 15) is 14.7 Å². The highest BCUT2D eigenvalue weighted by Gasteiger charge is 2.21. The van der Waals surface area contributed by atoms with Gasteiger partial charge in [-0.05, 0) is 25.5 Å². The normalized spacial score (nSPS) is 12.8. The number of hydrogen-bond acceptors (Lipinski definition) is 4. The van der Waals surface area contributed by atoms with Gasteiger partial charge < -0.3 is 14.9 Å². The first-order chi connectivity index (χ1) is 8.95. The van der Waals surface area contributed by atoms with Gasteiger partial charge in [0.05, 0.1) is 6.10 Å². The molecule has 1 aromatic carbocycles. The van der Waals surface area contributed by atoms with Crippen LogP contribution in [0.1, 0.15) is 25.8 Å². The molecule has 1 unspecified atom stereocenters. The first-order valence-electron chi connectivity index (χ1n) is 5.89. The zero-order valence-corrected chi connectivity index (χ0v) is 10.8. The molecule has 102 valence electrons. The molecule has 0 saturated carbocycles. The number of ether oxygens (including phenoxy) is 1. The standard InChI is InChI=1S/C14H16O5/c1-3-9(2)19-14(18)11(13(16)17)8-10-6-4-5-7-12(10)15/h4-9,15H,3H2,1-2H3,(H,16,17). The maximum absolute atomic E-state index is 11.7. The minimum absolute atomic E-state index is 0.0995. The summed E-state index contributed by atoms with van der Waals surface area (Å²) in [7, 11) is 0. The highest BCUT2D eigenvalue weighted by molar-refractivity contribution is 6.17. The van der Waals surface area contributed by atoms with Gasteiger partial charge in [0.25, 0.3) is 0 Å². The SMILES string of the molecule is CCC(C)OC(=O)C(=Cc1ccccc1O)C(=O)O. The van der Waals surface area contributed by atoms with Crippen LogP contribution in [0.15, 0.2) is 29.8 Å². The van der Waals surface area contributed by atoms with E-state index in [4.69, 9.17) is 9.84 Å². The second-order valence-electron chi connectivity index (χ2n) is 4.05. The van der Waals surface area contributed by atoms with E-state index in [1.807, 2.05) is 6.92 Å². The predicted molar refractivity (Wildman–Crippen MR) is 69.6 cm³/mol. The molecule has 0 heterocycles. The molecular weight excluding hydrogens is 248 g/mol. The van der Waals surface area contributed by atoms with Crippen molar-refractivity contribution >= 4 is 18.0 Å². The summed E-state index contributed by atoms with van der Waals surface area (Å²) in [6.07, 6.45) is 1.33. The van der Waals surface area contributed by atoms with E-state index in [1.165, 1.54) is 12.1 Å². The third kappa shape index (κ3) is 4.13. The topological polar surface area (TPSA) is 83.8 Å². The minimum atomic E-state index is -1.39. The van der Waals surface area contributed by atoms with Crippen molar-refractivity contribution in [2.24, 2.45) is 0 Å². The predicted octanol–water partition coefficient (Wildman–Crippen LogP) is 2.20. The molecule has 5 nitrogen and oxygen atoms in total. The Morgan fingerprint density at radius 3 is 2.53 bits per heavy atom. The number of carbonyl (C=O) groups is 2. The summed E-state index contributed by atoms with van der Waals surface area (Å²) in [4.78, 5) is 22.8. The number of esters is 1. The van der Waals surface area contributed by atoms with Gasteiger partial charge in [-0.25, -0.2) is 9.59 Å². The molecule has 0 radical (unpaired) electrons. The van der Waals surface area contributed by atoms with Crippen LogP contribution >= 0.6 is 0 Å². The quantitative estimate of drug-likeness (QED) is 0.368. The summed E-state index contributed by atoms with van der Waals surface area (Å²) in [5.41, 5.74) is -0.261. The van der Waals surface area contributed by atoms with E-state index in [-0.39, 0.29) is 17.4 Å². The third-order valence-electron chi connectivity index (χ3n) is 2.57. The summed E-state index contributed by atoms with van der Waals surface area (Å²) in [6.45, 7) is 3.50. The van der Waals surface area contributed by atoms with Crippen molar-refractivity contribution in [3.8, 4) is 5.75 Å². The fourth-order valence-corrected chi connectivity index (χ4v) is 1.30. The average molecular weight is 264 g/mol. The Morgan fingerprint density at radius 1 is 1.37 bits per heavy atom. The van der Waals surface area contributed by atoms with Crippen LogP contribution in [0, 0.1) is 0 Å². The number of phenols is 1. The third-order valence-corrected chi connectivity index (χ3v) is 2.57. The molecule has 1 rings (SSSR count). The largest absolute Gasteiger partial charge is 0.507 e. The zero-order chi connectivity index (χ0) is 14.4. The Labute approximate surface area is 111 Å². The molecule has 0 fully saturated rings. The summed E-state index contributed by atoms with van der Waals surface area (Å²) in [5.74, 6) is -2.40. The van der Waals surface area contributed by atoms with E-state index in [0.29, 0.717) is 6.42 Å². The molecule has 0 saturated heterocycles. The monoisotopic (exact) mass is 264 g/mol. The van der Waals surface area contributed by atoms with E-state index in [0.717, 1.165) is 6.08 Å². The first-order valence-corrected chi connectivity index (χ1v) is 5.89. The van der Waals surface area contributed by atoms with Crippen LogP contribution in [0.2, 0.25) is 0 Å². The fraction of sp³-hybridized carbons (Fsp3) is 0.286. The van der Waals surface area contributed by atoms with E-state index >= 15 is 0 Å². The number of carboxylic acid groups (broad SMARTS) is 1. The lowest BCUT2D eigenvalue weighted by Gasteiger charge is -2.11. The lowest BCUT2D eigenvalue weighted by molar-refractivity contribution is -0.147. The van der Waals surface area contributed by atoms with Gasteiger partial charge in [0, 0.05) is 5.56 Å². The molecule has 0 aromatic heterocycles. The van der Waals surface area contributed by atoms with Crippen LogP contribution in [0.5, 0.6) is 5.75 Å². The first kappa shape index (κ1) is 14.8.